The van der Waals surface area contributed by atoms with E-state index in [9.17, 15) is 0 Å². The second kappa shape index (κ2) is 3.09. The lowest BCUT2D eigenvalue weighted by Gasteiger charge is -2.51. The molecule has 1 nitrogen and oxygen atoms in total. The summed E-state index contributed by atoms with van der Waals surface area (Å²) in [7, 11) is 0. The second-order valence-corrected chi connectivity index (χ2v) is 5.98. The lowest BCUT2D eigenvalue weighted by molar-refractivity contribution is -0.181. The molecule has 0 aromatic heterocycles. The van der Waals surface area contributed by atoms with Crippen LogP contribution in [0, 0.1) is 11.8 Å². The zero-order valence-corrected chi connectivity index (χ0v) is 10.9. The zero-order chi connectivity index (χ0) is 9.69. The molecular weight excluding hydrogens is 275 g/mol. The van der Waals surface area contributed by atoms with Crippen LogP contribution in [-0.4, -0.2) is 15.6 Å². The summed E-state index contributed by atoms with van der Waals surface area (Å²) >= 11 is 2.45. The predicted octanol–water partition coefficient (Wildman–Crippen LogP) is 3.41. The third-order valence-electron chi connectivity index (χ3n) is 4.16. The molecule has 0 N–H and O–H groups in total. The first-order valence-corrected chi connectivity index (χ1v) is 6.80. The first-order chi connectivity index (χ1) is 6.01. The number of hydrogen-bond donors (Lipinski definition) is 0. The van der Waals surface area contributed by atoms with Gasteiger partial charge >= 0.3 is 0 Å². The van der Waals surface area contributed by atoms with Gasteiger partial charge in [0, 0.05) is 4.43 Å². The fourth-order valence-corrected chi connectivity index (χ4v) is 3.43. The van der Waals surface area contributed by atoms with Gasteiger partial charge in [-0.05, 0) is 38.0 Å². The standard InChI is InChI=1S/C11H19IO/c1-8-6-11(9(8)2)5-4-10(3,7-12)13-11/h8-9H,4-7H2,1-3H3. The zero-order valence-electron chi connectivity index (χ0n) is 8.77. The van der Waals surface area contributed by atoms with E-state index in [4.69, 9.17) is 4.74 Å². The third-order valence-corrected chi connectivity index (χ3v) is 5.77. The summed E-state index contributed by atoms with van der Waals surface area (Å²) in [6.07, 6.45) is 3.84. The average molecular weight is 294 g/mol. The average Bonchev–Trinajstić information content (AvgIpc) is 2.47. The molecular formula is C11H19IO. The second-order valence-electron chi connectivity index (χ2n) is 5.22. The largest absolute Gasteiger partial charge is 0.368 e. The number of hydrogen-bond acceptors (Lipinski definition) is 1. The van der Waals surface area contributed by atoms with Gasteiger partial charge in [0.15, 0.2) is 0 Å². The van der Waals surface area contributed by atoms with Crippen molar-refractivity contribution in [1.29, 1.82) is 0 Å². The maximum absolute atomic E-state index is 6.30. The van der Waals surface area contributed by atoms with E-state index in [0.717, 1.165) is 16.3 Å². The van der Waals surface area contributed by atoms with Crippen molar-refractivity contribution in [3.05, 3.63) is 0 Å². The number of halogens is 1. The van der Waals surface area contributed by atoms with Crippen LogP contribution in [0.25, 0.3) is 0 Å². The lowest BCUT2D eigenvalue weighted by atomic mass is 9.62. The summed E-state index contributed by atoms with van der Waals surface area (Å²) in [5, 5.41) is 0. The molecule has 0 amide bonds. The fourth-order valence-electron chi connectivity index (χ4n) is 2.89. The van der Waals surface area contributed by atoms with Crippen LogP contribution in [0.15, 0.2) is 0 Å². The Morgan fingerprint density at radius 3 is 2.46 bits per heavy atom. The Morgan fingerprint density at radius 1 is 1.38 bits per heavy atom. The first kappa shape index (κ1) is 10.2. The maximum Gasteiger partial charge on any atom is 0.0752 e. The molecule has 2 aliphatic rings. The van der Waals surface area contributed by atoms with Crippen molar-refractivity contribution in [2.24, 2.45) is 11.8 Å². The highest BCUT2D eigenvalue weighted by atomic mass is 127. The molecule has 4 atom stereocenters. The Hall–Kier alpha value is 0.690. The SMILES string of the molecule is CC1CC2(CCC(C)(CI)O2)C1C. The van der Waals surface area contributed by atoms with Crippen LogP contribution in [0.4, 0.5) is 0 Å². The van der Waals surface area contributed by atoms with E-state index < -0.39 is 0 Å². The van der Waals surface area contributed by atoms with E-state index in [0.29, 0.717) is 0 Å². The van der Waals surface area contributed by atoms with Gasteiger partial charge in [-0.3, -0.25) is 0 Å². The Labute approximate surface area is 94.8 Å². The van der Waals surface area contributed by atoms with Gasteiger partial charge in [-0.25, -0.2) is 0 Å². The van der Waals surface area contributed by atoms with Crippen molar-refractivity contribution in [3.8, 4) is 0 Å². The molecule has 1 heterocycles. The van der Waals surface area contributed by atoms with Crippen molar-refractivity contribution in [2.45, 2.75) is 51.2 Å². The number of rotatable bonds is 1. The van der Waals surface area contributed by atoms with Crippen LogP contribution in [0.3, 0.4) is 0 Å². The van der Waals surface area contributed by atoms with Gasteiger partial charge in [0.2, 0.25) is 0 Å². The van der Waals surface area contributed by atoms with Crippen LogP contribution < -0.4 is 0 Å². The normalized spacial score (nSPS) is 55.4. The molecule has 1 aliphatic heterocycles. The molecule has 13 heavy (non-hydrogen) atoms. The smallest absolute Gasteiger partial charge is 0.0752 e. The molecule has 0 radical (unpaired) electrons. The van der Waals surface area contributed by atoms with Crippen molar-refractivity contribution >= 4 is 22.6 Å². The summed E-state index contributed by atoms with van der Waals surface area (Å²) in [6.45, 7) is 6.97. The van der Waals surface area contributed by atoms with Gasteiger partial charge in [0.25, 0.3) is 0 Å². The minimum atomic E-state index is 0.176. The number of alkyl halides is 1. The highest BCUT2D eigenvalue weighted by Gasteiger charge is 2.57. The van der Waals surface area contributed by atoms with E-state index in [1.807, 2.05) is 0 Å². The van der Waals surface area contributed by atoms with Gasteiger partial charge in [-0.15, -0.1) is 0 Å². The summed E-state index contributed by atoms with van der Waals surface area (Å²) < 4.78 is 7.43. The van der Waals surface area contributed by atoms with Gasteiger partial charge in [-0.1, -0.05) is 36.4 Å². The maximum atomic E-state index is 6.30. The number of ether oxygens (including phenoxy) is 1. The molecule has 2 rings (SSSR count). The fraction of sp³-hybridized carbons (Fsp3) is 1.00. The lowest BCUT2D eigenvalue weighted by Crippen LogP contribution is -2.52. The van der Waals surface area contributed by atoms with Gasteiger partial charge in [0.05, 0.1) is 11.2 Å². The van der Waals surface area contributed by atoms with Gasteiger partial charge in [-0.2, -0.15) is 0 Å². The summed E-state index contributed by atoms with van der Waals surface area (Å²) in [5.41, 5.74) is 0.453. The molecule has 0 bridgehead atoms. The minimum Gasteiger partial charge on any atom is -0.368 e. The Balaban J connectivity index is 2.06. The van der Waals surface area contributed by atoms with Crippen LogP contribution in [0.5, 0.6) is 0 Å². The van der Waals surface area contributed by atoms with Gasteiger partial charge in [0.1, 0.15) is 0 Å². The molecule has 1 spiro atoms. The van der Waals surface area contributed by atoms with Crippen LogP contribution in [0.1, 0.15) is 40.0 Å². The molecule has 4 unspecified atom stereocenters. The van der Waals surface area contributed by atoms with Crippen molar-refractivity contribution in [1.82, 2.24) is 0 Å². The van der Waals surface area contributed by atoms with E-state index in [1.54, 1.807) is 0 Å². The first-order valence-electron chi connectivity index (χ1n) is 5.27. The highest BCUT2D eigenvalue weighted by molar-refractivity contribution is 14.1. The Morgan fingerprint density at radius 2 is 2.08 bits per heavy atom. The molecule has 76 valence electrons. The summed E-state index contributed by atoms with van der Waals surface area (Å²) in [5.74, 6) is 1.65. The van der Waals surface area contributed by atoms with Crippen LogP contribution in [0.2, 0.25) is 0 Å². The minimum absolute atomic E-state index is 0.176. The van der Waals surface area contributed by atoms with Crippen LogP contribution >= 0.6 is 22.6 Å². The molecule has 1 saturated carbocycles. The quantitative estimate of drug-likeness (QED) is 0.532. The molecule has 2 fully saturated rings. The molecule has 0 aromatic carbocycles. The summed E-state index contributed by atoms with van der Waals surface area (Å²) in [6, 6.07) is 0. The van der Waals surface area contributed by atoms with Crippen LogP contribution in [-0.2, 0) is 4.74 Å². The van der Waals surface area contributed by atoms with E-state index in [2.05, 4.69) is 43.4 Å². The molecule has 1 saturated heterocycles. The third kappa shape index (κ3) is 1.44. The molecule has 0 aromatic rings. The van der Waals surface area contributed by atoms with Gasteiger partial charge < -0.3 is 4.74 Å². The van der Waals surface area contributed by atoms with E-state index >= 15 is 0 Å². The summed E-state index contributed by atoms with van der Waals surface area (Å²) in [4.78, 5) is 0. The molecule has 1 aliphatic carbocycles. The van der Waals surface area contributed by atoms with E-state index in [-0.39, 0.29) is 11.2 Å². The Bertz CT molecular complexity index is 218. The topological polar surface area (TPSA) is 9.23 Å². The van der Waals surface area contributed by atoms with E-state index in [1.165, 1.54) is 19.3 Å². The van der Waals surface area contributed by atoms with Crippen molar-refractivity contribution in [3.63, 3.8) is 0 Å². The Kier molecular flexibility index (Phi) is 2.43. The van der Waals surface area contributed by atoms with Crippen molar-refractivity contribution < 1.29 is 4.74 Å². The monoisotopic (exact) mass is 294 g/mol. The van der Waals surface area contributed by atoms with Crippen molar-refractivity contribution in [2.75, 3.05) is 4.43 Å². The molecule has 2 heteroatoms. The highest BCUT2D eigenvalue weighted by Crippen LogP contribution is 2.56. The predicted molar refractivity (Wildman–Crippen MR) is 63.3 cm³/mol.